The lowest BCUT2D eigenvalue weighted by Gasteiger charge is -2.11. The van der Waals surface area contributed by atoms with Crippen LogP contribution >= 0.6 is 0 Å². The first-order chi connectivity index (χ1) is 28.3. The van der Waals surface area contributed by atoms with Gasteiger partial charge in [-0.25, -0.2) is 15.0 Å². The Bertz CT molecular complexity index is 3440. The number of fused-ring (bicyclic) bond motifs is 12. The van der Waals surface area contributed by atoms with Gasteiger partial charge in [0.25, 0.3) is 0 Å². The highest BCUT2D eigenvalue weighted by Gasteiger charge is 2.28. The number of hydrogen-bond acceptors (Lipinski definition) is 4. The molecule has 4 aromatic heterocycles. The largest absolute Gasteiger partial charge is 0.454 e. The topological polar surface area (TPSA) is 61.7 Å². The third-order valence-corrected chi connectivity index (χ3v) is 11.1. The van der Waals surface area contributed by atoms with Gasteiger partial charge >= 0.3 is 0 Å². The molecule has 0 N–H and O–H groups in total. The third-order valence-electron chi connectivity index (χ3n) is 11.1. The molecule has 0 unspecified atom stereocenters. The van der Waals surface area contributed by atoms with Gasteiger partial charge in [0.05, 0.1) is 22.1 Å². The molecular weight excluding hydrogens is 699 g/mol. The third kappa shape index (κ3) is 4.74. The fraction of sp³-hybridized carbons (Fsp3) is 0. The van der Waals surface area contributed by atoms with Crippen LogP contribution in [0.25, 0.3) is 111 Å². The molecule has 0 aliphatic heterocycles. The van der Waals surface area contributed by atoms with Crippen LogP contribution in [0.2, 0.25) is 0 Å². The number of benzene rings is 8. The summed E-state index contributed by atoms with van der Waals surface area (Å²) in [6, 6.07) is 65.3. The first kappa shape index (κ1) is 31.5. The fourth-order valence-electron chi connectivity index (χ4n) is 8.70. The predicted octanol–water partition coefficient (Wildman–Crippen LogP) is 13.0. The highest BCUT2D eigenvalue weighted by atomic mass is 16.3. The summed E-state index contributed by atoms with van der Waals surface area (Å²) in [6.07, 6.45) is 0. The second-order valence-corrected chi connectivity index (χ2v) is 14.4. The summed E-state index contributed by atoms with van der Waals surface area (Å²) in [6.45, 7) is 0. The molecule has 0 spiro atoms. The maximum Gasteiger partial charge on any atom is 0.164 e. The van der Waals surface area contributed by atoms with Gasteiger partial charge in [0, 0.05) is 60.4 Å². The van der Waals surface area contributed by atoms with Crippen molar-refractivity contribution < 1.29 is 4.42 Å². The van der Waals surface area contributed by atoms with Gasteiger partial charge in [-0.3, -0.25) is 0 Å². The molecule has 6 heteroatoms. The normalized spacial score (nSPS) is 11.9. The van der Waals surface area contributed by atoms with Crippen LogP contribution in [-0.4, -0.2) is 24.1 Å². The molecular formula is C51H31N5O. The zero-order valence-electron chi connectivity index (χ0n) is 30.5. The lowest BCUT2D eigenvalue weighted by atomic mass is 10.0. The van der Waals surface area contributed by atoms with E-state index in [1.54, 1.807) is 0 Å². The van der Waals surface area contributed by atoms with Gasteiger partial charge in [-0.15, -0.1) is 0 Å². The van der Waals surface area contributed by atoms with Gasteiger partial charge in [0.2, 0.25) is 0 Å². The van der Waals surface area contributed by atoms with E-state index in [-0.39, 0.29) is 0 Å². The number of aromatic nitrogens is 5. The van der Waals surface area contributed by atoms with Crippen molar-refractivity contribution in [3.63, 3.8) is 0 Å². The average molecular weight is 730 g/mol. The Balaban J connectivity index is 1.23. The first-order valence-corrected chi connectivity index (χ1v) is 19.1. The van der Waals surface area contributed by atoms with Crippen LogP contribution in [0.3, 0.4) is 0 Å². The SMILES string of the molecule is c1ccc(-c2nc(-c3ccccc3)nc(-c3ccc4c(c3)oc3c4c4c5ccccc5n(-c5ccccc5)c4c4c5ccccc5n(-c5ccccc5)c34)n2)cc1. The molecule has 12 rings (SSSR count). The quantitative estimate of drug-likeness (QED) is 0.177. The predicted molar refractivity (Wildman–Crippen MR) is 232 cm³/mol. The minimum absolute atomic E-state index is 0.583. The van der Waals surface area contributed by atoms with Crippen molar-refractivity contribution in [3.8, 4) is 45.5 Å². The first-order valence-electron chi connectivity index (χ1n) is 19.1. The van der Waals surface area contributed by atoms with Crippen LogP contribution in [0.5, 0.6) is 0 Å². The van der Waals surface area contributed by atoms with Crippen LogP contribution in [-0.2, 0) is 0 Å². The van der Waals surface area contributed by atoms with E-state index in [9.17, 15) is 0 Å². The number of para-hydroxylation sites is 4. The van der Waals surface area contributed by atoms with Gasteiger partial charge in [-0.05, 0) is 48.5 Å². The van der Waals surface area contributed by atoms with E-state index in [1.807, 2.05) is 60.7 Å². The van der Waals surface area contributed by atoms with Crippen molar-refractivity contribution in [3.05, 3.63) is 188 Å². The Kier molecular flexibility index (Phi) is 6.83. The van der Waals surface area contributed by atoms with Crippen molar-refractivity contribution in [2.24, 2.45) is 0 Å². The average Bonchev–Trinajstić information content (AvgIpc) is 3.95. The van der Waals surface area contributed by atoms with Gasteiger partial charge < -0.3 is 13.6 Å². The Labute approximate surface area is 326 Å². The molecule has 0 atom stereocenters. The number of rotatable bonds is 5. The molecule has 0 saturated carbocycles. The lowest BCUT2D eigenvalue weighted by molar-refractivity contribution is 0.671. The van der Waals surface area contributed by atoms with E-state index >= 15 is 0 Å². The molecule has 4 heterocycles. The lowest BCUT2D eigenvalue weighted by Crippen LogP contribution is -2.00. The maximum atomic E-state index is 7.22. The van der Waals surface area contributed by atoms with Crippen molar-refractivity contribution >= 4 is 65.6 Å². The smallest absolute Gasteiger partial charge is 0.164 e. The monoisotopic (exact) mass is 729 g/mol. The van der Waals surface area contributed by atoms with Gasteiger partial charge in [0.1, 0.15) is 5.58 Å². The molecule has 0 aliphatic rings. The second kappa shape index (κ2) is 12.3. The van der Waals surface area contributed by atoms with Crippen LogP contribution in [0, 0.1) is 0 Å². The maximum absolute atomic E-state index is 7.22. The van der Waals surface area contributed by atoms with E-state index in [0.29, 0.717) is 17.5 Å². The molecule has 0 fully saturated rings. The van der Waals surface area contributed by atoms with E-state index in [2.05, 4.69) is 137 Å². The standard InChI is InChI=1S/C51H31N5O/c1-5-17-32(18-6-1)49-52-50(33-19-7-2-8-20-33)54-51(53-49)34-29-30-39-42(31-34)57-48-44(39)43-37-25-13-15-27-40(37)55(35-21-9-3-10-22-35)46(43)45-38-26-14-16-28-41(38)56(47(45)48)36-23-11-4-12-24-36/h1-31H. The van der Waals surface area contributed by atoms with E-state index in [0.717, 1.165) is 88.2 Å². The molecule has 0 aliphatic carbocycles. The number of furan rings is 1. The van der Waals surface area contributed by atoms with Crippen molar-refractivity contribution in [2.45, 2.75) is 0 Å². The van der Waals surface area contributed by atoms with Crippen LogP contribution in [0.4, 0.5) is 0 Å². The molecule has 0 radical (unpaired) electrons. The van der Waals surface area contributed by atoms with Crippen molar-refractivity contribution in [2.75, 3.05) is 0 Å². The minimum Gasteiger partial charge on any atom is -0.454 e. The second-order valence-electron chi connectivity index (χ2n) is 14.4. The zero-order valence-corrected chi connectivity index (χ0v) is 30.5. The summed E-state index contributed by atoms with van der Waals surface area (Å²) in [5.74, 6) is 1.82. The molecule has 0 bridgehead atoms. The Hall–Kier alpha value is -7.83. The summed E-state index contributed by atoms with van der Waals surface area (Å²) in [7, 11) is 0. The van der Waals surface area contributed by atoms with Gasteiger partial charge in [-0.2, -0.15) is 0 Å². The zero-order chi connectivity index (χ0) is 37.5. The molecule has 57 heavy (non-hydrogen) atoms. The number of nitrogens with zero attached hydrogens (tertiary/aromatic N) is 5. The Morgan fingerprint density at radius 3 is 1.37 bits per heavy atom. The van der Waals surface area contributed by atoms with Crippen molar-refractivity contribution in [1.82, 2.24) is 24.1 Å². The molecule has 0 amide bonds. The molecule has 6 nitrogen and oxygen atoms in total. The van der Waals surface area contributed by atoms with Gasteiger partial charge in [0.15, 0.2) is 23.1 Å². The molecule has 12 aromatic rings. The van der Waals surface area contributed by atoms with Crippen LogP contribution in [0.1, 0.15) is 0 Å². The van der Waals surface area contributed by atoms with Gasteiger partial charge in [-0.1, -0.05) is 140 Å². The summed E-state index contributed by atoms with van der Waals surface area (Å²) in [4.78, 5) is 15.0. The van der Waals surface area contributed by atoms with Crippen LogP contribution < -0.4 is 0 Å². The van der Waals surface area contributed by atoms with E-state index < -0.39 is 0 Å². The summed E-state index contributed by atoms with van der Waals surface area (Å²) < 4.78 is 12.0. The molecule has 266 valence electrons. The van der Waals surface area contributed by atoms with Crippen LogP contribution in [0.15, 0.2) is 192 Å². The summed E-state index contributed by atoms with van der Waals surface area (Å²) >= 11 is 0. The summed E-state index contributed by atoms with van der Waals surface area (Å²) in [5, 5.41) is 6.75. The fourth-order valence-corrected chi connectivity index (χ4v) is 8.70. The van der Waals surface area contributed by atoms with E-state index in [4.69, 9.17) is 19.4 Å². The highest BCUT2D eigenvalue weighted by molar-refractivity contribution is 6.39. The Morgan fingerprint density at radius 2 is 0.807 bits per heavy atom. The van der Waals surface area contributed by atoms with E-state index in [1.165, 1.54) is 5.39 Å². The summed E-state index contributed by atoms with van der Waals surface area (Å²) in [5.41, 5.74) is 10.9. The number of hydrogen-bond donors (Lipinski definition) is 0. The molecule has 8 aromatic carbocycles. The highest BCUT2D eigenvalue weighted by Crippen LogP contribution is 2.49. The van der Waals surface area contributed by atoms with Crippen molar-refractivity contribution in [1.29, 1.82) is 0 Å². The Morgan fingerprint density at radius 1 is 0.351 bits per heavy atom. The minimum atomic E-state index is 0.583. The molecule has 0 saturated heterocycles.